The molecule has 0 spiro atoms. The number of benzene rings is 1. The van der Waals surface area contributed by atoms with E-state index in [1.807, 2.05) is 0 Å². The normalized spacial score (nSPS) is 23.1. The van der Waals surface area contributed by atoms with E-state index >= 15 is 0 Å². The average Bonchev–Trinajstić information content (AvgIpc) is 2.72. The molecule has 3 rings (SSSR count). The summed E-state index contributed by atoms with van der Waals surface area (Å²) in [4.78, 5) is 13.0. The monoisotopic (exact) mass is 413 g/mol. The maximum Gasteiger partial charge on any atom is 0.303 e. The van der Waals surface area contributed by atoms with Crippen LogP contribution < -0.4 is 4.74 Å². The first-order valence-electron chi connectivity index (χ1n) is 11.7. The summed E-state index contributed by atoms with van der Waals surface area (Å²) >= 11 is 0. The number of ether oxygens (including phenoxy) is 1. The van der Waals surface area contributed by atoms with Crippen molar-refractivity contribution in [2.45, 2.75) is 78.2 Å². The molecular weight excluding hydrogens is 374 g/mol. The number of hydrogen-bond donors (Lipinski definition) is 1. The highest BCUT2D eigenvalue weighted by atomic mass is 16.5. The third-order valence-electron chi connectivity index (χ3n) is 6.84. The molecule has 1 aliphatic heterocycles. The van der Waals surface area contributed by atoms with Crippen LogP contribution in [0.4, 0.5) is 0 Å². The molecular formula is C26H39NO3. The molecule has 0 bridgehead atoms. The zero-order chi connectivity index (χ0) is 21.6. The number of aliphatic carboxylic acids is 1. The van der Waals surface area contributed by atoms with Crippen LogP contribution in [0.15, 0.2) is 30.3 Å². The largest absolute Gasteiger partial charge is 0.490 e. The Morgan fingerprint density at radius 3 is 2.37 bits per heavy atom. The highest BCUT2D eigenvalue weighted by Gasteiger charge is 2.30. The lowest BCUT2D eigenvalue weighted by Crippen LogP contribution is -2.30. The minimum atomic E-state index is -0.694. The van der Waals surface area contributed by atoms with Gasteiger partial charge in [0.2, 0.25) is 0 Å². The van der Waals surface area contributed by atoms with Gasteiger partial charge in [-0.1, -0.05) is 39.0 Å². The van der Waals surface area contributed by atoms with Crippen LogP contribution in [0.5, 0.6) is 5.75 Å². The molecule has 1 N–H and O–H groups in total. The molecule has 0 aromatic heterocycles. The molecule has 0 saturated heterocycles. The van der Waals surface area contributed by atoms with Crippen molar-refractivity contribution >= 4 is 11.5 Å². The third kappa shape index (κ3) is 6.87. The van der Waals surface area contributed by atoms with Crippen molar-refractivity contribution in [3.8, 4) is 5.75 Å². The van der Waals surface area contributed by atoms with Crippen molar-refractivity contribution in [3.63, 3.8) is 0 Å². The fourth-order valence-electron chi connectivity index (χ4n) is 4.77. The van der Waals surface area contributed by atoms with Gasteiger partial charge in [-0.3, -0.25) is 9.69 Å². The first kappa shape index (κ1) is 22.9. The van der Waals surface area contributed by atoms with Crippen LogP contribution in [0.3, 0.4) is 0 Å². The van der Waals surface area contributed by atoms with Crippen LogP contribution >= 0.6 is 0 Å². The van der Waals surface area contributed by atoms with E-state index in [0.717, 1.165) is 63.4 Å². The van der Waals surface area contributed by atoms with Crippen LogP contribution in [0.2, 0.25) is 0 Å². The second kappa shape index (κ2) is 10.5. The lowest BCUT2D eigenvalue weighted by atomic mass is 9.72. The van der Waals surface area contributed by atoms with E-state index in [0.29, 0.717) is 11.5 Å². The van der Waals surface area contributed by atoms with E-state index < -0.39 is 5.97 Å². The maximum absolute atomic E-state index is 10.6. The first-order chi connectivity index (χ1) is 14.3. The summed E-state index contributed by atoms with van der Waals surface area (Å²) in [6.45, 7) is 10.1. The quantitative estimate of drug-likeness (QED) is 0.530. The van der Waals surface area contributed by atoms with Crippen molar-refractivity contribution in [2.24, 2.45) is 11.3 Å². The fourth-order valence-corrected chi connectivity index (χ4v) is 4.77. The van der Waals surface area contributed by atoms with Crippen molar-refractivity contribution in [1.29, 1.82) is 0 Å². The molecule has 2 aliphatic rings. The van der Waals surface area contributed by atoms with Crippen LogP contribution in [0.1, 0.15) is 77.7 Å². The van der Waals surface area contributed by atoms with Crippen LogP contribution in [-0.2, 0) is 4.79 Å². The number of nitrogens with zero attached hydrogens (tertiary/aromatic N) is 1. The molecule has 4 heteroatoms. The average molecular weight is 414 g/mol. The Morgan fingerprint density at radius 2 is 1.80 bits per heavy atom. The Balaban J connectivity index is 1.43. The third-order valence-corrected chi connectivity index (χ3v) is 6.84. The Hall–Kier alpha value is -1.81. The molecule has 4 nitrogen and oxygen atoms in total. The minimum Gasteiger partial charge on any atom is -0.490 e. The van der Waals surface area contributed by atoms with E-state index in [2.05, 4.69) is 56.0 Å². The smallest absolute Gasteiger partial charge is 0.303 e. The van der Waals surface area contributed by atoms with Gasteiger partial charge in [-0.2, -0.15) is 0 Å². The van der Waals surface area contributed by atoms with E-state index in [9.17, 15) is 4.79 Å². The van der Waals surface area contributed by atoms with Gasteiger partial charge in [0.05, 0.1) is 6.10 Å². The lowest BCUT2D eigenvalue weighted by molar-refractivity contribution is -0.137. The molecule has 30 heavy (non-hydrogen) atoms. The zero-order valence-corrected chi connectivity index (χ0v) is 19.0. The summed E-state index contributed by atoms with van der Waals surface area (Å²) in [6, 6.07) is 8.66. The van der Waals surface area contributed by atoms with Crippen molar-refractivity contribution in [1.82, 2.24) is 4.90 Å². The Bertz CT molecular complexity index is 709. The molecule has 1 aromatic rings. The Morgan fingerprint density at radius 1 is 1.10 bits per heavy atom. The predicted octanol–water partition coefficient (Wildman–Crippen LogP) is 6.01. The highest BCUT2D eigenvalue weighted by Crippen LogP contribution is 2.38. The van der Waals surface area contributed by atoms with Gasteiger partial charge in [-0.05, 0) is 86.1 Å². The SMILES string of the molecule is CC(C)(C)C1CCC(Oc2ccc(C3=CCN(CCCCC(=O)O)CC3)cc2)CC1. The summed E-state index contributed by atoms with van der Waals surface area (Å²) in [7, 11) is 0. The number of unbranched alkanes of at least 4 members (excludes halogenated alkanes) is 1. The summed E-state index contributed by atoms with van der Waals surface area (Å²) in [6.07, 6.45) is 10.6. The highest BCUT2D eigenvalue weighted by molar-refractivity contribution is 5.67. The van der Waals surface area contributed by atoms with Gasteiger partial charge < -0.3 is 9.84 Å². The van der Waals surface area contributed by atoms with E-state index in [-0.39, 0.29) is 6.42 Å². The number of carboxylic acid groups (broad SMARTS) is 1. The summed E-state index contributed by atoms with van der Waals surface area (Å²) in [5, 5.41) is 8.73. The number of carbonyl (C=O) groups is 1. The van der Waals surface area contributed by atoms with E-state index in [1.165, 1.54) is 24.0 Å². The van der Waals surface area contributed by atoms with Crippen LogP contribution in [0.25, 0.3) is 5.57 Å². The van der Waals surface area contributed by atoms with E-state index in [1.54, 1.807) is 0 Å². The summed E-state index contributed by atoms with van der Waals surface area (Å²) < 4.78 is 6.28. The molecule has 0 atom stereocenters. The van der Waals surface area contributed by atoms with Gasteiger partial charge in [0.1, 0.15) is 5.75 Å². The standard InChI is InChI=1S/C26H39NO3/c1-26(2,3)22-9-13-24(14-10-22)30-23-11-7-20(8-12-23)21-15-18-27(19-16-21)17-5-4-6-25(28)29/h7-8,11-12,15,22,24H,4-6,9-10,13-14,16-19H2,1-3H3,(H,28,29). The van der Waals surface area contributed by atoms with Crippen molar-refractivity contribution < 1.29 is 14.6 Å². The maximum atomic E-state index is 10.6. The zero-order valence-electron chi connectivity index (χ0n) is 19.0. The topological polar surface area (TPSA) is 49.8 Å². The van der Waals surface area contributed by atoms with Gasteiger partial charge in [0, 0.05) is 19.5 Å². The van der Waals surface area contributed by atoms with Gasteiger partial charge >= 0.3 is 5.97 Å². The molecule has 1 heterocycles. The molecule has 166 valence electrons. The predicted molar refractivity (Wildman–Crippen MR) is 123 cm³/mol. The Kier molecular flexibility index (Phi) is 7.99. The molecule has 0 unspecified atom stereocenters. The molecule has 1 aromatic carbocycles. The number of carboxylic acids is 1. The van der Waals surface area contributed by atoms with Crippen molar-refractivity contribution in [2.75, 3.05) is 19.6 Å². The Labute approximate surface area is 182 Å². The van der Waals surface area contributed by atoms with Gasteiger partial charge in [-0.15, -0.1) is 0 Å². The summed E-state index contributed by atoms with van der Waals surface area (Å²) in [5.41, 5.74) is 3.12. The molecule has 1 saturated carbocycles. The van der Waals surface area contributed by atoms with Gasteiger partial charge in [0.15, 0.2) is 0 Å². The lowest BCUT2D eigenvalue weighted by Gasteiger charge is -2.37. The molecule has 0 radical (unpaired) electrons. The van der Waals surface area contributed by atoms with Crippen LogP contribution in [0, 0.1) is 11.3 Å². The number of hydrogen-bond acceptors (Lipinski definition) is 3. The fraction of sp³-hybridized carbons (Fsp3) is 0.654. The molecule has 1 fully saturated rings. The second-order valence-corrected chi connectivity index (χ2v) is 10.1. The van der Waals surface area contributed by atoms with Gasteiger partial charge in [-0.25, -0.2) is 0 Å². The molecule has 1 aliphatic carbocycles. The minimum absolute atomic E-state index is 0.279. The van der Waals surface area contributed by atoms with Gasteiger partial charge in [0.25, 0.3) is 0 Å². The van der Waals surface area contributed by atoms with Crippen molar-refractivity contribution in [3.05, 3.63) is 35.9 Å². The van der Waals surface area contributed by atoms with Crippen LogP contribution in [-0.4, -0.2) is 41.7 Å². The van der Waals surface area contributed by atoms with E-state index in [4.69, 9.17) is 9.84 Å². The molecule has 0 amide bonds. The summed E-state index contributed by atoms with van der Waals surface area (Å²) in [5.74, 6) is 1.12. The second-order valence-electron chi connectivity index (χ2n) is 10.1. The number of rotatable bonds is 8. The first-order valence-corrected chi connectivity index (χ1v) is 11.7.